The van der Waals surface area contributed by atoms with Gasteiger partial charge in [0.2, 0.25) is 0 Å². The van der Waals surface area contributed by atoms with Crippen molar-refractivity contribution in [3.8, 4) is 5.75 Å². The number of allylic oxidation sites excluding steroid dienone is 1. The normalized spacial score (nSPS) is 10.8. The number of ether oxygens (including phenoxy) is 1. The molecule has 21 heavy (non-hydrogen) atoms. The van der Waals surface area contributed by atoms with Crippen LogP contribution >= 0.6 is 11.8 Å². The van der Waals surface area contributed by atoms with Gasteiger partial charge in [-0.05, 0) is 61.2 Å². The zero-order valence-corrected chi connectivity index (χ0v) is 13.0. The maximum absolute atomic E-state index is 12.1. The van der Waals surface area contributed by atoms with Crippen LogP contribution in [0.3, 0.4) is 0 Å². The van der Waals surface area contributed by atoms with Crippen molar-refractivity contribution in [2.45, 2.75) is 11.8 Å². The number of hydrogen-bond acceptors (Lipinski definition) is 3. The van der Waals surface area contributed by atoms with E-state index >= 15 is 0 Å². The van der Waals surface area contributed by atoms with E-state index in [4.69, 9.17) is 4.74 Å². The summed E-state index contributed by atoms with van der Waals surface area (Å²) in [6.45, 7) is 2.56. The molecule has 0 aliphatic rings. The predicted molar refractivity (Wildman–Crippen MR) is 89.2 cm³/mol. The SMILES string of the molecule is CCOc1ccc(C(=O)C=Cc2ccc(SC)cc2)cc1. The molecule has 2 aromatic carbocycles. The zero-order valence-electron chi connectivity index (χ0n) is 12.2. The molecule has 0 N–H and O–H groups in total. The van der Waals surface area contributed by atoms with Gasteiger partial charge in [0.15, 0.2) is 5.78 Å². The van der Waals surface area contributed by atoms with Crippen LogP contribution in [0.5, 0.6) is 5.75 Å². The van der Waals surface area contributed by atoms with E-state index in [1.165, 1.54) is 4.90 Å². The molecule has 2 rings (SSSR count). The Morgan fingerprint density at radius 1 is 1.10 bits per heavy atom. The largest absolute Gasteiger partial charge is 0.494 e. The van der Waals surface area contributed by atoms with Crippen molar-refractivity contribution >= 4 is 23.6 Å². The van der Waals surface area contributed by atoms with Gasteiger partial charge in [-0.1, -0.05) is 18.2 Å². The second kappa shape index (κ2) is 7.70. The first-order valence-corrected chi connectivity index (χ1v) is 8.04. The van der Waals surface area contributed by atoms with Gasteiger partial charge in [0.25, 0.3) is 0 Å². The van der Waals surface area contributed by atoms with Crippen LogP contribution in [0.4, 0.5) is 0 Å². The van der Waals surface area contributed by atoms with E-state index in [9.17, 15) is 4.79 Å². The lowest BCUT2D eigenvalue weighted by Gasteiger charge is -2.02. The molecule has 0 aliphatic carbocycles. The summed E-state index contributed by atoms with van der Waals surface area (Å²) < 4.78 is 5.36. The topological polar surface area (TPSA) is 26.3 Å². The Hall–Kier alpha value is -2.00. The molecule has 0 aliphatic heterocycles. The molecular formula is C18H18O2S. The maximum atomic E-state index is 12.1. The summed E-state index contributed by atoms with van der Waals surface area (Å²) in [5, 5.41) is 0. The Kier molecular flexibility index (Phi) is 5.64. The van der Waals surface area contributed by atoms with Crippen molar-refractivity contribution in [3.05, 3.63) is 65.7 Å². The quantitative estimate of drug-likeness (QED) is 0.439. The van der Waals surface area contributed by atoms with E-state index < -0.39 is 0 Å². The Bertz CT molecular complexity index is 613. The molecule has 0 aromatic heterocycles. The molecule has 0 fully saturated rings. The number of ketones is 1. The van der Waals surface area contributed by atoms with Crippen LogP contribution in [0, 0.1) is 0 Å². The molecule has 2 nitrogen and oxygen atoms in total. The first-order valence-electron chi connectivity index (χ1n) is 6.82. The summed E-state index contributed by atoms with van der Waals surface area (Å²) in [6, 6.07) is 15.3. The second-order valence-electron chi connectivity index (χ2n) is 4.43. The molecule has 0 atom stereocenters. The number of carbonyl (C=O) groups excluding carboxylic acids is 1. The van der Waals surface area contributed by atoms with Gasteiger partial charge in [0.1, 0.15) is 5.75 Å². The minimum atomic E-state index is -0.00742. The van der Waals surface area contributed by atoms with Gasteiger partial charge in [-0.3, -0.25) is 4.79 Å². The van der Waals surface area contributed by atoms with Crippen LogP contribution in [-0.2, 0) is 0 Å². The van der Waals surface area contributed by atoms with Crippen molar-refractivity contribution in [1.29, 1.82) is 0 Å². The van der Waals surface area contributed by atoms with Crippen molar-refractivity contribution < 1.29 is 9.53 Å². The van der Waals surface area contributed by atoms with Gasteiger partial charge in [-0.25, -0.2) is 0 Å². The van der Waals surface area contributed by atoms with Crippen LogP contribution in [0.1, 0.15) is 22.8 Å². The molecule has 0 bridgehead atoms. The minimum absolute atomic E-state index is 0.00742. The molecule has 0 saturated carbocycles. The lowest BCUT2D eigenvalue weighted by molar-refractivity contribution is 0.104. The van der Waals surface area contributed by atoms with E-state index in [-0.39, 0.29) is 5.78 Å². The Labute approximate surface area is 129 Å². The summed E-state index contributed by atoms with van der Waals surface area (Å²) in [6.07, 6.45) is 5.48. The third-order valence-corrected chi connectivity index (χ3v) is 3.74. The van der Waals surface area contributed by atoms with Gasteiger partial charge in [-0.15, -0.1) is 11.8 Å². The maximum Gasteiger partial charge on any atom is 0.185 e. The standard InChI is InChI=1S/C18H18O2S/c1-3-20-16-9-7-15(8-10-16)18(19)13-6-14-4-11-17(21-2)12-5-14/h4-13H,3H2,1-2H3. The Balaban J connectivity index is 2.03. The lowest BCUT2D eigenvalue weighted by Crippen LogP contribution is -1.95. The molecule has 0 heterocycles. The highest BCUT2D eigenvalue weighted by Gasteiger charge is 2.02. The van der Waals surface area contributed by atoms with Gasteiger partial charge < -0.3 is 4.74 Å². The molecule has 0 unspecified atom stereocenters. The lowest BCUT2D eigenvalue weighted by atomic mass is 10.1. The highest BCUT2D eigenvalue weighted by Crippen LogP contribution is 2.16. The smallest absolute Gasteiger partial charge is 0.185 e. The average Bonchev–Trinajstić information content (AvgIpc) is 2.54. The summed E-state index contributed by atoms with van der Waals surface area (Å²) in [5.74, 6) is 0.776. The van der Waals surface area contributed by atoms with Crippen LogP contribution in [0.25, 0.3) is 6.08 Å². The summed E-state index contributed by atoms with van der Waals surface area (Å²) in [7, 11) is 0. The third kappa shape index (κ3) is 4.50. The summed E-state index contributed by atoms with van der Waals surface area (Å²) in [4.78, 5) is 13.3. The minimum Gasteiger partial charge on any atom is -0.494 e. The van der Waals surface area contributed by atoms with Gasteiger partial charge in [0.05, 0.1) is 6.61 Å². The number of rotatable bonds is 6. The number of benzene rings is 2. The first kappa shape index (κ1) is 15.4. The van der Waals surface area contributed by atoms with Crippen LogP contribution in [0.15, 0.2) is 59.5 Å². The van der Waals surface area contributed by atoms with E-state index in [1.807, 2.05) is 55.7 Å². The Morgan fingerprint density at radius 2 is 1.76 bits per heavy atom. The highest BCUT2D eigenvalue weighted by molar-refractivity contribution is 7.98. The molecule has 108 valence electrons. The Morgan fingerprint density at radius 3 is 2.33 bits per heavy atom. The summed E-state index contributed by atoms with van der Waals surface area (Å²) in [5.41, 5.74) is 1.68. The van der Waals surface area contributed by atoms with Crippen molar-refractivity contribution in [3.63, 3.8) is 0 Å². The van der Waals surface area contributed by atoms with Crippen LogP contribution in [-0.4, -0.2) is 18.6 Å². The highest BCUT2D eigenvalue weighted by atomic mass is 32.2. The van der Waals surface area contributed by atoms with E-state index in [0.717, 1.165) is 11.3 Å². The average molecular weight is 298 g/mol. The van der Waals surface area contributed by atoms with Crippen molar-refractivity contribution in [1.82, 2.24) is 0 Å². The molecule has 0 amide bonds. The van der Waals surface area contributed by atoms with E-state index in [0.29, 0.717) is 12.2 Å². The molecule has 0 spiro atoms. The summed E-state index contributed by atoms with van der Waals surface area (Å²) >= 11 is 1.70. The van der Waals surface area contributed by atoms with E-state index in [1.54, 1.807) is 30.0 Å². The molecule has 0 radical (unpaired) electrons. The van der Waals surface area contributed by atoms with E-state index in [2.05, 4.69) is 0 Å². The van der Waals surface area contributed by atoms with Crippen LogP contribution < -0.4 is 4.74 Å². The first-order chi connectivity index (χ1) is 10.2. The molecule has 0 saturated heterocycles. The third-order valence-electron chi connectivity index (χ3n) is 2.99. The zero-order chi connectivity index (χ0) is 15.1. The molecule has 3 heteroatoms. The van der Waals surface area contributed by atoms with Gasteiger partial charge in [-0.2, -0.15) is 0 Å². The monoisotopic (exact) mass is 298 g/mol. The fourth-order valence-electron chi connectivity index (χ4n) is 1.87. The van der Waals surface area contributed by atoms with Crippen molar-refractivity contribution in [2.75, 3.05) is 12.9 Å². The van der Waals surface area contributed by atoms with Gasteiger partial charge >= 0.3 is 0 Å². The number of hydrogen-bond donors (Lipinski definition) is 0. The van der Waals surface area contributed by atoms with Crippen molar-refractivity contribution in [2.24, 2.45) is 0 Å². The van der Waals surface area contributed by atoms with Crippen LogP contribution in [0.2, 0.25) is 0 Å². The number of carbonyl (C=O) groups is 1. The fraction of sp³-hybridized carbons (Fsp3) is 0.167. The fourth-order valence-corrected chi connectivity index (χ4v) is 2.27. The van der Waals surface area contributed by atoms with Gasteiger partial charge in [0, 0.05) is 10.5 Å². The second-order valence-corrected chi connectivity index (χ2v) is 5.31. The number of thioether (sulfide) groups is 1. The molecule has 2 aromatic rings. The molecular weight excluding hydrogens is 280 g/mol. The predicted octanol–water partition coefficient (Wildman–Crippen LogP) is 4.70.